The van der Waals surface area contributed by atoms with E-state index in [-0.39, 0.29) is 23.3 Å². The van der Waals surface area contributed by atoms with Crippen molar-refractivity contribution in [2.45, 2.75) is 24.3 Å². The molecule has 3 rings (SSSR count). The third-order valence-electron chi connectivity index (χ3n) is 5.53. The van der Waals surface area contributed by atoms with Gasteiger partial charge in [0.2, 0.25) is 15.9 Å². The summed E-state index contributed by atoms with van der Waals surface area (Å²) in [6.07, 6.45) is 1.36. The summed E-state index contributed by atoms with van der Waals surface area (Å²) in [4.78, 5) is 17.5. The highest BCUT2D eigenvalue weighted by molar-refractivity contribution is 7.89. The molecule has 1 heterocycles. The van der Waals surface area contributed by atoms with Crippen LogP contribution in [0.5, 0.6) is 0 Å². The maximum absolute atomic E-state index is 13.4. The Bertz CT molecular complexity index is 965. The smallest absolute Gasteiger partial charge is 0.243 e. The van der Waals surface area contributed by atoms with Gasteiger partial charge in [-0.15, -0.1) is 0 Å². The lowest BCUT2D eigenvalue weighted by atomic mass is 9.97. The van der Waals surface area contributed by atoms with Crippen LogP contribution in [0, 0.1) is 5.92 Å². The Hall–Kier alpha value is -1.93. The minimum absolute atomic E-state index is 0.0155. The summed E-state index contributed by atoms with van der Waals surface area (Å²) in [5, 5.41) is 0.489. The van der Waals surface area contributed by atoms with Gasteiger partial charge in [-0.3, -0.25) is 4.79 Å². The van der Waals surface area contributed by atoms with Crippen LogP contribution >= 0.6 is 11.6 Å². The molecule has 1 unspecified atom stereocenters. The van der Waals surface area contributed by atoms with Gasteiger partial charge in [-0.25, -0.2) is 8.42 Å². The van der Waals surface area contributed by atoms with Crippen molar-refractivity contribution in [2.24, 2.45) is 5.92 Å². The Morgan fingerprint density at radius 1 is 1.06 bits per heavy atom. The van der Waals surface area contributed by atoms with Gasteiger partial charge >= 0.3 is 0 Å². The minimum atomic E-state index is -3.66. The fourth-order valence-electron chi connectivity index (χ4n) is 3.77. The van der Waals surface area contributed by atoms with Gasteiger partial charge in [0.25, 0.3) is 0 Å². The highest BCUT2D eigenvalue weighted by Crippen LogP contribution is 2.26. The van der Waals surface area contributed by atoms with Gasteiger partial charge in [0.05, 0.1) is 10.8 Å². The predicted octanol–water partition coefficient (Wildman–Crippen LogP) is 3.33. The minimum Gasteiger partial charge on any atom is -0.337 e. The molecule has 0 aliphatic carbocycles. The topological polar surface area (TPSA) is 60.9 Å². The Labute approximate surface area is 190 Å². The molecule has 1 saturated heterocycles. The quantitative estimate of drug-likeness (QED) is 0.602. The molecule has 1 fully saturated rings. The van der Waals surface area contributed by atoms with Crippen LogP contribution in [0.15, 0.2) is 59.5 Å². The van der Waals surface area contributed by atoms with E-state index in [1.807, 2.05) is 54.2 Å². The number of piperidine rings is 1. The molecule has 31 heavy (non-hydrogen) atoms. The fourth-order valence-corrected chi connectivity index (χ4v) is 5.42. The van der Waals surface area contributed by atoms with E-state index in [4.69, 9.17) is 11.6 Å². The zero-order valence-corrected chi connectivity index (χ0v) is 19.6. The SMILES string of the molecule is CN(C)CCN(Cc1ccccc1)C(=O)C1CCCN(S(=O)(=O)c2ccc(Cl)cc2)C1. The lowest BCUT2D eigenvalue weighted by Gasteiger charge is -2.35. The molecule has 1 amide bonds. The van der Waals surface area contributed by atoms with Crippen LogP contribution < -0.4 is 0 Å². The molecule has 0 N–H and O–H groups in total. The van der Waals surface area contributed by atoms with Gasteiger partial charge in [0, 0.05) is 37.7 Å². The average molecular weight is 464 g/mol. The first-order valence-electron chi connectivity index (χ1n) is 10.5. The molecule has 0 radical (unpaired) electrons. The number of hydrogen-bond donors (Lipinski definition) is 0. The molecule has 2 aromatic rings. The maximum atomic E-state index is 13.4. The van der Waals surface area contributed by atoms with E-state index in [1.165, 1.54) is 16.4 Å². The molecule has 0 saturated carbocycles. The normalized spacial score (nSPS) is 17.6. The number of benzene rings is 2. The maximum Gasteiger partial charge on any atom is 0.243 e. The van der Waals surface area contributed by atoms with Gasteiger partial charge in [-0.05, 0) is 56.8 Å². The number of nitrogens with zero attached hydrogens (tertiary/aromatic N) is 3. The van der Waals surface area contributed by atoms with Crippen molar-refractivity contribution < 1.29 is 13.2 Å². The second-order valence-electron chi connectivity index (χ2n) is 8.20. The summed E-state index contributed by atoms with van der Waals surface area (Å²) < 4.78 is 27.6. The molecule has 6 nitrogen and oxygen atoms in total. The lowest BCUT2D eigenvalue weighted by molar-refractivity contribution is -0.137. The first-order chi connectivity index (χ1) is 14.8. The van der Waals surface area contributed by atoms with Crippen LogP contribution in [0.2, 0.25) is 5.02 Å². The highest BCUT2D eigenvalue weighted by atomic mass is 35.5. The number of halogens is 1. The van der Waals surface area contributed by atoms with Crippen molar-refractivity contribution >= 4 is 27.5 Å². The Kier molecular flexibility index (Phi) is 8.11. The third kappa shape index (κ3) is 6.29. The number of amides is 1. The summed E-state index contributed by atoms with van der Waals surface area (Å²) in [6.45, 7) is 2.50. The van der Waals surface area contributed by atoms with E-state index in [9.17, 15) is 13.2 Å². The van der Waals surface area contributed by atoms with E-state index in [0.29, 0.717) is 37.5 Å². The molecule has 168 valence electrons. The second-order valence-corrected chi connectivity index (χ2v) is 10.6. The van der Waals surface area contributed by atoms with E-state index < -0.39 is 10.0 Å². The highest BCUT2D eigenvalue weighted by Gasteiger charge is 2.35. The number of likely N-dealkylation sites (N-methyl/N-ethyl adjacent to an activating group) is 1. The molecule has 1 aliphatic heterocycles. The number of hydrogen-bond acceptors (Lipinski definition) is 4. The van der Waals surface area contributed by atoms with Crippen molar-refractivity contribution in [3.8, 4) is 0 Å². The van der Waals surface area contributed by atoms with Gasteiger partial charge in [-0.2, -0.15) is 4.31 Å². The first-order valence-corrected chi connectivity index (χ1v) is 12.3. The molecule has 0 aromatic heterocycles. The summed E-state index contributed by atoms with van der Waals surface area (Å²) in [5.74, 6) is -0.330. The van der Waals surface area contributed by atoms with Crippen molar-refractivity contribution in [1.82, 2.24) is 14.1 Å². The van der Waals surface area contributed by atoms with Crippen LogP contribution in [0.3, 0.4) is 0 Å². The molecular weight excluding hydrogens is 434 g/mol. The van der Waals surface area contributed by atoms with Crippen LogP contribution in [0.25, 0.3) is 0 Å². The van der Waals surface area contributed by atoms with Gasteiger partial charge in [0.1, 0.15) is 0 Å². The molecule has 0 spiro atoms. The lowest BCUT2D eigenvalue weighted by Crippen LogP contribution is -2.47. The largest absolute Gasteiger partial charge is 0.337 e. The van der Waals surface area contributed by atoms with Crippen molar-refractivity contribution in [3.63, 3.8) is 0 Å². The zero-order valence-electron chi connectivity index (χ0n) is 18.1. The van der Waals surface area contributed by atoms with Gasteiger partial charge in [0.15, 0.2) is 0 Å². The van der Waals surface area contributed by atoms with E-state index in [2.05, 4.69) is 0 Å². The molecule has 1 atom stereocenters. The fraction of sp³-hybridized carbons (Fsp3) is 0.435. The monoisotopic (exact) mass is 463 g/mol. The predicted molar refractivity (Wildman–Crippen MR) is 123 cm³/mol. The van der Waals surface area contributed by atoms with Crippen molar-refractivity contribution in [2.75, 3.05) is 40.3 Å². The third-order valence-corrected chi connectivity index (χ3v) is 7.66. The first kappa shape index (κ1) is 23.7. The van der Waals surface area contributed by atoms with E-state index >= 15 is 0 Å². The number of sulfonamides is 1. The van der Waals surface area contributed by atoms with Gasteiger partial charge < -0.3 is 9.80 Å². The number of rotatable bonds is 8. The molecule has 1 aliphatic rings. The van der Waals surface area contributed by atoms with Crippen LogP contribution in [-0.4, -0.2) is 68.7 Å². The summed E-state index contributed by atoms with van der Waals surface area (Å²) in [7, 11) is 0.297. The Morgan fingerprint density at radius 3 is 2.39 bits per heavy atom. The van der Waals surface area contributed by atoms with Crippen molar-refractivity contribution in [1.29, 1.82) is 0 Å². The Morgan fingerprint density at radius 2 is 1.74 bits per heavy atom. The van der Waals surface area contributed by atoms with E-state index in [0.717, 1.165) is 12.1 Å². The van der Waals surface area contributed by atoms with Gasteiger partial charge in [-0.1, -0.05) is 41.9 Å². The Balaban J connectivity index is 1.75. The standard InChI is InChI=1S/C23H30ClN3O3S/c1-25(2)15-16-26(17-19-7-4-3-5-8-19)23(28)20-9-6-14-27(18-20)31(29,30)22-12-10-21(24)11-13-22/h3-5,7-8,10-13,20H,6,9,14-18H2,1-2H3. The van der Waals surface area contributed by atoms with Crippen LogP contribution in [-0.2, 0) is 21.4 Å². The van der Waals surface area contributed by atoms with E-state index in [1.54, 1.807) is 12.1 Å². The summed E-state index contributed by atoms with van der Waals surface area (Å²) in [6, 6.07) is 16.1. The second kappa shape index (κ2) is 10.6. The van der Waals surface area contributed by atoms with Crippen LogP contribution in [0.1, 0.15) is 18.4 Å². The zero-order chi connectivity index (χ0) is 22.4. The van der Waals surface area contributed by atoms with Crippen molar-refractivity contribution in [3.05, 3.63) is 65.2 Å². The summed E-state index contributed by atoms with van der Waals surface area (Å²) in [5.41, 5.74) is 1.07. The average Bonchev–Trinajstić information content (AvgIpc) is 2.77. The number of carbonyl (C=O) groups excluding carboxylic acids is 1. The molecule has 8 heteroatoms. The molecule has 0 bridgehead atoms. The molecular formula is C23H30ClN3O3S. The molecule has 2 aromatic carbocycles. The number of carbonyl (C=O) groups is 1. The van der Waals surface area contributed by atoms with Crippen LogP contribution in [0.4, 0.5) is 0 Å². The summed E-state index contributed by atoms with van der Waals surface area (Å²) >= 11 is 5.90.